The fourth-order valence-corrected chi connectivity index (χ4v) is 1.52. The lowest BCUT2D eigenvalue weighted by Gasteiger charge is -2.06. The third-order valence-corrected chi connectivity index (χ3v) is 2.41. The van der Waals surface area contributed by atoms with Crippen LogP contribution >= 0.6 is 27.5 Å². The largest absolute Gasteiger partial charge is 0.268 e. The zero-order chi connectivity index (χ0) is 10.7. The molecule has 0 spiro atoms. The maximum absolute atomic E-state index is 12.4. The van der Waals surface area contributed by atoms with E-state index in [1.165, 1.54) is 6.07 Å². The lowest BCUT2D eigenvalue weighted by molar-refractivity contribution is 0.150. The summed E-state index contributed by atoms with van der Waals surface area (Å²) in [5, 5.41) is 8.83. The Kier molecular flexibility index (Phi) is 3.78. The molecule has 0 aliphatic carbocycles. The average molecular weight is 281 g/mol. The number of pyridine rings is 1. The van der Waals surface area contributed by atoms with Crippen LogP contribution in [0.5, 0.6) is 0 Å². The highest BCUT2D eigenvalue weighted by atomic mass is 79.9. The molecule has 0 amide bonds. The lowest BCUT2D eigenvalue weighted by atomic mass is 10.2. The second-order valence-corrected chi connectivity index (χ2v) is 3.37. The van der Waals surface area contributed by atoms with Gasteiger partial charge in [0.25, 0.3) is 6.43 Å². The Bertz CT molecular complexity index is 390. The van der Waals surface area contributed by atoms with Crippen molar-refractivity contribution >= 4 is 27.5 Å². The minimum absolute atomic E-state index is 0.124. The van der Waals surface area contributed by atoms with Crippen LogP contribution < -0.4 is 0 Å². The first kappa shape index (κ1) is 11.3. The monoisotopic (exact) mass is 280 g/mol. The standard InChI is InChI=1S/C8H4BrClF2N2/c9-2-4-1-5(10)7(8(11)12)6(3-13)14-4/h1,8H,2H2. The SMILES string of the molecule is N#Cc1nc(CBr)cc(Cl)c1C(F)F. The number of hydrogen-bond donors (Lipinski definition) is 0. The summed E-state index contributed by atoms with van der Waals surface area (Å²) in [6.45, 7) is 0. The Hall–Kier alpha value is -0.730. The van der Waals surface area contributed by atoms with E-state index in [0.29, 0.717) is 11.0 Å². The second kappa shape index (κ2) is 4.67. The highest BCUT2D eigenvalue weighted by Crippen LogP contribution is 2.30. The number of nitrogens with zero attached hydrogens (tertiary/aromatic N) is 2. The molecule has 0 atom stereocenters. The molecule has 1 aromatic heterocycles. The molecule has 1 rings (SSSR count). The molecule has 6 heteroatoms. The van der Waals surface area contributed by atoms with Crippen molar-refractivity contribution in [1.29, 1.82) is 5.26 Å². The van der Waals surface area contributed by atoms with Crippen LogP contribution in [0.3, 0.4) is 0 Å². The van der Waals surface area contributed by atoms with E-state index in [-0.39, 0.29) is 10.7 Å². The summed E-state index contributed by atoms with van der Waals surface area (Å²) >= 11 is 8.69. The molecule has 0 radical (unpaired) electrons. The van der Waals surface area contributed by atoms with Gasteiger partial charge in [0.2, 0.25) is 0 Å². The molecule has 14 heavy (non-hydrogen) atoms. The van der Waals surface area contributed by atoms with Crippen molar-refractivity contribution in [3.63, 3.8) is 0 Å². The quantitative estimate of drug-likeness (QED) is 0.779. The molecule has 0 unspecified atom stereocenters. The molecule has 0 bridgehead atoms. The Morgan fingerprint density at radius 2 is 2.29 bits per heavy atom. The average Bonchev–Trinajstić information content (AvgIpc) is 2.15. The lowest BCUT2D eigenvalue weighted by Crippen LogP contribution is -1.99. The van der Waals surface area contributed by atoms with Gasteiger partial charge in [-0.25, -0.2) is 13.8 Å². The highest BCUT2D eigenvalue weighted by molar-refractivity contribution is 9.08. The number of aromatic nitrogens is 1. The van der Waals surface area contributed by atoms with E-state index < -0.39 is 12.0 Å². The van der Waals surface area contributed by atoms with Crippen molar-refractivity contribution < 1.29 is 8.78 Å². The fraction of sp³-hybridized carbons (Fsp3) is 0.250. The smallest absolute Gasteiger partial charge is 0.241 e. The first-order valence-corrected chi connectivity index (χ1v) is 5.03. The third-order valence-electron chi connectivity index (χ3n) is 1.52. The van der Waals surface area contributed by atoms with Crippen LogP contribution in [0.1, 0.15) is 23.4 Å². The molecule has 0 aromatic carbocycles. The van der Waals surface area contributed by atoms with E-state index >= 15 is 0 Å². The van der Waals surface area contributed by atoms with Crippen molar-refractivity contribution in [3.05, 3.63) is 28.0 Å². The van der Waals surface area contributed by atoms with Gasteiger partial charge in [-0.05, 0) is 6.07 Å². The zero-order valence-electron chi connectivity index (χ0n) is 6.77. The van der Waals surface area contributed by atoms with Gasteiger partial charge in [0, 0.05) is 5.33 Å². The summed E-state index contributed by atoms with van der Waals surface area (Å²) in [5.41, 5.74) is -0.364. The van der Waals surface area contributed by atoms with Gasteiger partial charge in [-0.15, -0.1) is 0 Å². The molecule has 0 N–H and O–H groups in total. The Morgan fingerprint density at radius 1 is 1.64 bits per heavy atom. The molecule has 0 aliphatic heterocycles. The zero-order valence-corrected chi connectivity index (χ0v) is 9.11. The summed E-state index contributed by atoms with van der Waals surface area (Å²) in [7, 11) is 0. The van der Waals surface area contributed by atoms with Crippen LogP contribution in [0.2, 0.25) is 5.02 Å². The van der Waals surface area contributed by atoms with Crippen LogP contribution in [0.15, 0.2) is 6.07 Å². The first-order valence-electron chi connectivity index (χ1n) is 3.53. The van der Waals surface area contributed by atoms with Gasteiger partial charge in [-0.1, -0.05) is 27.5 Å². The summed E-state index contributed by atoms with van der Waals surface area (Å²) < 4.78 is 24.8. The number of hydrogen-bond acceptors (Lipinski definition) is 2. The molecule has 0 saturated heterocycles. The van der Waals surface area contributed by atoms with Gasteiger partial charge >= 0.3 is 0 Å². The van der Waals surface area contributed by atoms with Gasteiger partial charge in [-0.2, -0.15) is 5.26 Å². The van der Waals surface area contributed by atoms with Gasteiger partial charge in [0.15, 0.2) is 5.69 Å². The number of nitriles is 1. The molecular formula is C8H4BrClF2N2. The van der Waals surface area contributed by atoms with E-state index in [4.69, 9.17) is 16.9 Å². The van der Waals surface area contributed by atoms with E-state index in [1.54, 1.807) is 6.07 Å². The maximum Gasteiger partial charge on any atom is 0.268 e. The number of rotatable bonds is 2. The van der Waals surface area contributed by atoms with Crippen molar-refractivity contribution in [3.8, 4) is 6.07 Å². The fourth-order valence-electron chi connectivity index (χ4n) is 0.935. The molecular weight excluding hydrogens is 277 g/mol. The summed E-state index contributed by atoms with van der Waals surface area (Å²) in [6.07, 6.45) is -2.78. The normalized spacial score (nSPS) is 10.3. The molecule has 1 aromatic rings. The number of halogens is 4. The Labute approximate surface area is 92.6 Å². The van der Waals surface area contributed by atoms with E-state index in [0.717, 1.165) is 0 Å². The molecule has 0 saturated carbocycles. The van der Waals surface area contributed by atoms with E-state index in [9.17, 15) is 8.78 Å². The van der Waals surface area contributed by atoms with Crippen LogP contribution in [0.25, 0.3) is 0 Å². The first-order chi connectivity index (χ1) is 6.60. The van der Waals surface area contributed by atoms with Crippen molar-refractivity contribution in [2.24, 2.45) is 0 Å². The van der Waals surface area contributed by atoms with Crippen LogP contribution in [-0.2, 0) is 5.33 Å². The van der Waals surface area contributed by atoms with Gasteiger partial charge in [0.05, 0.1) is 16.3 Å². The second-order valence-electron chi connectivity index (χ2n) is 2.40. The number of alkyl halides is 3. The van der Waals surface area contributed by atoms with Gasteiger partial charge in [-0.3, -0.25) is 0 Å². The van der Waals surface area contributed by atoms with Crippen molar-refractivity contribution in [1.82, 2.24) is 4.98 Å². The van der Waals surface area contributed by atoms with E-state index in [1.807, 2.05) is 0 Å². The molecule has 74 valence electrons. The maximum atomic E-state index is 12.4. The molecule has 1 heterocycles. The molecule has 2 nitrogen and oxygen atoms in total. The predicted octanol–water partition coefficient (Wildman–Crippen LogP) is 3.44. The Morgan fingerprint density at radius 3 is 2.71 bits per heavy atom. The van der Waals surface area contributed by atoms with Gasteiger partial charge in [0.1, 0.15) is 6.07 Å². The third kappa shape index (κ3) is 2.20. The highest BCUT2D eigenvalue weighted by Gasteiger charge is 2.19. The van der Waals surface area contributed by atoms with Crippen LogP contribution in [-0.4, -0.2) is 4.98 Å². The summed E-state index contributed by atoms with van der Waals surface area (Å²) in [5.74, 6) is 0. The molecule has 0 aliphatic rings. The van der Waals surface area contributed by atoms with E-state index in [2.05, 4.69) is 20.9 Å². The predicted molar refractivity (Wildman–Crippen MR) is 51.6 cm³/mol. The summed E-state index contributed by atoms with van der Waals surface area (Å²) in [4.78, 5) is 3.72. The van der Waals surface area contributed by atoms with Gasteiger partial charge < -0.3 is 0 Å². The topological polar surface area (TPSA) is 36.7 Å². The summed E-state index contributed by atoms with van der Waals surface area (Å²) in [6, 6.07) is 2.91. The minimum Gasteiger partial charge on any atom is -0.241 e. The van der Waals surface area contributed by atoms with Crippen molar-refractivity contribution in [2.45, 2.75) is 11.8 Å². The minimum atomic E-state index is -2.78. The van der Waals surface area contributed by atoms with Crippen LogP contribution in [0, 0.1) is 11.3 Å². The Balaban J connectivity index is 3.37. The molecule has 0 fully saturated rings. The van der Waals surface area contributed by atoms with Crippen molar-refractivity contribution in [2.75, 3.05) is 0 Å². The van der Waals surface area contributed by atoms with Crippen LogP contribution in [0.4, 0.5) is 8.78 Å².